The van der Waals surface area contributed by atoms with Crippen LogP contribution in [0.3, 0.4) is 0 Å². The predicted molar refractivity (Wildman–Crippen MR) is 93.7 cm³/mol. The molecule has 0 saturated carbocycles. The Morgan fingerprint density at radius 2 is 2.08 bits per heavy atom. The van der Waals surface area contributed by atoms with Crippen molar-refractivity contribution in [2.45, 2.75) is 25.3 Å². The van der Waals surface area contributed by atoms with E-state index in [1.54, 1.807) is 30.2 Å². The van der Waals surface area contributed by atoms with E-state index in [1.165, 1.54) is 0 Å². The second-order valence-electron chi connectivity index (χ2n) is 6.02. The SMILES string of the molecule is CC1(C(=O)NCCc2ccc(Cl)cc2)CC(=O)N=C2C=CC=CN21. The molecule has 1 atom stereocenters. The number of hydrogen-bond donors (Lipinski definition) is 1. The first-order valence-corrected chi connectivity index (χ1v) is 8.15. The maximum absolute atomic E-state index is 12.7. The van der Waals surface area contributed by atoms with Crippen LogP contribution >= 0.6 is 11.6 Å². The summed E-state index contributed by atoms with van der Waals surface area (Å²) in [6.45, 7) is 2.25. The number of amidine groups is 1. The van der Waals surface area contributed by atoms with Gasteiger partial charge >= 0.3 is 0 Å². The number of aliphatic imine (C=N–C) groups is 1. The maximum atomic E-state index is 12.7. The monoisotopic (exact) mass is 343 g/mol. The molecule has 2 amide bonds. The number of nitrogens with zero attached hydrogens (tertiary/aromatic N) is 2. The van der Waals surface area contributed by atoms with Crippen LogP contribution in [0, 0.1) is 0 Å². The van der Waals surface area contributed by atoms with E-state index in [9.17, 15) is 9.59 Å². The van der Waals surface area contributed by atoms with Crippen LogP contribution in [0.5, 0.6) is 0 Å². The average molecular weight is 344 g/mol. The Bertz CT molecular complexity index is 752. The number of carbonyl (C=O) groups is 2. The zero-order chi connectivity index (χ0) is 17.2. The number of benzene rings is 1. The number of nitrogens with one attached hydrogen (secondary N) is 1. The molecule has 2 heterocycles. The van der Waals surface area contributed by atoms with Crippen LogP contribution in [0.25, 0.3) is 0 Å². The normalized spacial score (nSPS) is 22.2. The molecule has 1 aromatic carbocycles. The van der Waals surface area contributed by atoms with Gasteiger partial charge in [-0.15, -0.1) is 0 Å². The van der Waals surface area contributed by atoms with E-state index in [0.717, 1.165) is 5.56 Å². The molecule has 124 valence electrons. The molecule has 1 unspecified atom stereocenters. The number of amides is 2. The average Bonchev–Trinajstić information content (AvgIpc) is 2.56. The van der Waals surface area contributed by atoms with Crippen molar-refractivity contribution < 1.29 is 9.59 Å². The summed E-state index contributed by atoms with van der Waals surface area (Å²) >= 11 is 5.86. The summed E-state index contributed by atoms with van der Waals surface area (Å²) in [4.78, 5) is 30.4. The van der Waals surface area contributed by atoms with Crippen molar-refractivity contribution >= 4 is 29.3 Å². The Morgan fingerprint density at radius 1 is 1.33 bits per heavy atom. The lowest BCUT2D eigenvalue weighted by Gasteiger charge is -2.41. The van der Waals surface area contributed by atoms with Crippen molar-refractivity contribution in [3.8, 4) is 0 Å². The first kappa shape index (κ1) is 16.5. The maximum Gasteiger partial charge on any atom is 0.250 e. The van der Waals surface area contributed by atoms with Crippen LogP contribution in [-0.2, 0) is 16.0 Å². The molecule has 0 spiro atoms. The molecule has 3 rings (SSSR count). The molecule has 0 bridgehead atoms. The van der Waals surface area contributed by atoms with Gasteiger partial charge in [-0.25, -0.2) is 0 Å². The van der Waals surface area contributed by atoms with E-state index >= 15 is 0 Å². The van der Waals surface area contributed by atoms with Gasteiger partial charge in [0.05, 0.1) is 6.42 Å². The zero-order valence-electron chi connectivity index (χ0n) is 13.3. The third kappa shape index (κ3) is 3.26. The van der Waals surface area contributed by atoms with E-state index in [2.05, 4.69) is 10.3 Å². The molecule has 0 fully saturated rings. The molecule has 1 N–H and O–H groups in total. The highest BCUT2D eigenvalue weighted by molar-refractivity contribution is 6.30. The molecule has 0 aromatic heterocycles. The highest BCUT2D eigenvalue weighted by atomic mass is 35.5. The van der Waals surface area contributed by atoms with Crippen LogP contribution in [-0.4, -0.2) is 34.6 Å². The van der Waals surface area contributed by atoms with Gasteiger partial charge in [-0.1, -0.05) is 29.8 Å². The first-order valence-electron chi connectivity index (χ1n) is 7.77. The van der Waals surface area contributed by atoms with Crippen molar-refractivity contribution in [3.05, 3.63) is 59.3 Å². The van der Waals surface area contributed by atoms with Gasteiger partial charge in [-0.2, -0.15) is 4.99 Å². The van der Waals surface area contributed by atoms with E-state index < -0.39 is 5.54 Å². The van der Waals surface area contributed by atoms with E-state index in [1.807, 2.05) is 30.3 Å². The Labute approximate surface area is 145 Å². The van der Waals surface area contributed by atoms with E-state index in [0.29, 0.717) is 23.8 Å². The fraction of sp³-hybridized carbons (Fsp3) is 0.278. The summed E-state index contributed by atoms with van der Waals surface area (Å²) in [6.07, 6.45) is 7.90. The fourth-order valence-corrected chi connectivity index (χ4v) is 2.97. The summed E-state index contributed by atoms with van der Waals surface area (Å²) in [7, 11) is 0. The largest absolute Gasteiger partial charge is 0.354 e. The minimum Gasteiger partial charge on any atom is -0.354 e. The van der Waals surface area contributed by atoms with Crippen molar-refractivity contribution in [3.63, 3.8) is 0 Å². The topological polar surface area (TPSA) is 61.8 Å². The Hall–Kier alpha value is -2.40. The minimum absolute atomic E-state index is 0.0570. The van der Waals surface area contributed by atoms with Crippen LogP contribution in [0.4, 0.5) is 0 Å². The van der Waals surface area contributed by atoms with Crippen LogP contribution < -0.4 is 5.32 Å². The van der Waals surface area contributed by atoms with Crippen LogP contribution in [0.15, 0.2) is 53.7 Å². The fourth-order valence-electron chi connectivity index (χ4n) is 2.84. The highest BCUT2D eigenvalue weighted by Gasteiger charge is 2.44. The van der Waals surface area contributed by atoms with Gasteiger partial charge < -0.3 is 10.2 Å². The molecular formula is C18H18ClN3O2. The molecule has 6 heteroatoms. The van der Waals surface area contributed by atoms with Crippen LogP contribution in [0.2, 0.25) is 5.02 Å². The molecule has 0 saturated heterocycles. The quantitative estimate of drug-likeness (QED) is 0.913. The van der Waals surface area contributed by atoms with Gasteiger partial charge in [-0.3, -0.25) is 9.59 Å². The van der Waals surface area contributed by atoms with Crippen LogP contribution in [0.1, 0.15) is 18.9 Å². The molecule has 1 aromatic rings. The molecule has 0 radical (unpaired) electrons. The lowest BCUT2D eigenvalue weighted by molar-refractivity contribution is -0.134. The third-order valence-electron chi connectivity index (χ3n) is 4.21. The van der Waals surface area contributed by atoms with Crippen molar-refractivity contribution in [1.29, 1.82) is 0 Å². The Kier molecular flexibility index (Phi) is 4.53. The highest BCUT2D eigenvalue weighted by Crippen LogP contribution is 2.28. The molecular weight excluding hydrogens is 326 g/mol. The lowest BCUT2D eigenvalue weighted by Crippen LogP contribution is -2.60. The van der Waals surface area contributed by atoms with Gasteiger partial charge in [0, 0.05) is 17.8 Å². The summed E-state index contributed by atoms with van der Waals surface area (Å²) < 4.78 is 0. The van der Waals surface area contributed by atoms with Gasteiger partial charge in [0.25, 0.3) is 5.91 Å². The molecule has 24 heavy (non-hydrogen) atoms. The second kappa shape index (κ2) is 6.61. The molecule has 5 nitrogen and oxygen atoms in total. The summed E-state index contributed by atoms with van der Waals surface area (Å²) in [6, 6.07) is 7.52. The van der Waals surface area contributed by atoms with Crippen molar-refractivity contribution in [2.75, 3.05) is 6.54 Å². The van der Waals surface area contributed by atoms with Gasteiger partial charge in [0.2, 0.25) is 5.91 Å². The number of carbonyl (C=O) groups excluding carboxylic acids is 2. The standard InChI is InChI=1S/C18H18ClN3O2/c1-18(12-16(23)21-15-4-2-3-11-22(15)18)17(24)20-10-9-13-5-7-14(19)8-6-13/h2-8,11H,9-10,12H2,1H3,(H,20,24). The minimum atomic E-state index is -0.963. The molecule has 0 aliphatic carbocycles. The third-order valence-corrected chi connectivity index (χ3v) is 4.46. The Morgan fingerprint density at radius 3 is 2.83 bits per heavy atom. The number of rotatable bonds is 4. The van der Waals surface area contributed by atoms with Gasteiger partial charge in [0.1, 0.15) is 11.4 Å². The Balaban J connectivity index is 1.66. The predicted octanol–water partition coefficient (Wildman–Crippen LogP) is 2.47. The summed E-state index contributed by atoms with van der Waals surface area (Å²) in [5.41, 5.74) is 0.128. The summed E-state index contributed by atoms with van der Waals surface area (Å²) in [5, 5.41) is 3.62. The molecule has 2 aliphatic heterocycles. The van der Waals surface area contributed by atoms with E-state index in [4.69, 9.17) is 11.6 Å². The van der Waals surface area contributed by atoms with Gasteiger partial charge in [0.15, 0.2) is 0 Å². The first-order chi connectivity index (χ1) is 11.5. The van der Waals surface area contributed by atoms with Crippen molar-refractivity contribution in [1.82, 2.24) is 10.2 Å². The smallest absolute Gasteiger partial charge is 0.250 e. The number of fused-ring (bicyclic) bond motifs is 1. The number of halogens is 1. The second-order valence-corrected chi connectivity index (χ2v) is 6.45. The number of allylic oxidation sites excluding steroid dienone is 2. The zero-order valence-corrected chi connectivity index (χ0v) is 14.1. The van der Waals surface area contributed by atoms with E-state index in [-0.39, 0.29) is 18.2 Å². The van der Waals surface area contributed by atoms with Gasteiger partial charge in [-0.05, 0) is 43.2 Å². The summed E-state index contributed by atoms with van der Waals surface area (Å²) in [5.74, 6) is 0.0396. The van der Waals surface area contributed by atoms with Crippen molar-refractivity contribution in [2.24, 2.45) is 4.99 Å². The molecule has 2 aliphatic rings. The lowest BCUT2D eigenvalue weighted by atomic mass is 9.91. The number of hydrogen-bond acceptors (Lipinski definition) is 3.